The summed E-state index contributed by atoms with van der Waals surface area (Å²) in [5.41, 5.74) is 0.918. The van der Waals surface area contributed by atoms with E-state index in [0.29, 0.717) is 11.1 Å². The Labute approximate surface area is 112 Å². The van der Waals surface area contributed by atoms with Crippen LogP contribution in [-0.4, -0.2) is 10.5 Å². The fourth-order valence-corrected chi connectivity index (χ4v) is 2.68. The quantitative estimate of drug-likeness (QED) is 0.673. The average Bonchev–Trinajstić information content (AvgIpc) is 2.33. The van der Waals surface area contributed by atoms with Crippen LogP contribution in [0.1, 0.15) is 20.7 Å². The van der Waals surface area contributed by atoms with Crippen LogP contribution in [0.15, 0.2) is 36.4 Å². The molecule has 0 bridgehead atoms. The average molecular weight is 277 g/mol. The van der Waals surface area contributed by atoms with Gasteiger partial charge in [0.05, 0.1) is 0 Å². The highest BCUT2D eigenvalue weighted by Crippen LogP contribution is 2.21. The summed E-state index contributed by atoms with van der Waals surface area (Å²) in [5, 5.41) is 2.29. The molecule has 0 amide bonds. The Morgan fingerprint density at radius 2 is 1.11 bits per heavy atom. The summed E-state index contributed by atoms with van der Waals surface area (Å²) in [4.78, 5) is 22.7. The molecule has 4 heteroatoms. The molecule has 0 saturated heterocycles. The van der Waals surface area contributed by atoms with Crippen LogP contribution in [0, 0.1) is 20.9 Å². The largest absolute Gasteiger partial charge is 0.276 e. The minimum absolute atomic E-state index is 0.459. The molecule has 0 N–H and O–H groups in total. The Kier molecular flexibility index (Phi) is 2.51. The summed E-state index contributed by atoms with van der Waals surface area (Å²) in [6.45, 7) is 0. The van der Waals surface area contributed by atoms with Crippen molar-refractivity contribution in [2.45, 2.75) is 0 Å². The zero-order chi connectivity index (χ0) is 12.9. The molecule has 0 atom stereocenters. The molecule has 0 unspecified atom stereocenters. The van der Waals surface area contributed by atoms with E-state index in [9.17, 15) is 9.59 Å². The zero-order valence-corrected chi connectivity index (χ0v) is 10.5. The number of benzene rings is 2. The molecule has 0 heterocycles. The molecule has 0 radical (unpaired) electrons. The van der Waals surface area contributed by atoms with Crippen LogP contribution in [-0.2, 0) is 0 Å². The fraction of sp³-hybridized carbons (Fsp3) is 0. The lowest BCUT2D eigenvalue weighted by Crippen LogP contribution is -2.03. The second-order valence-electron chi connectivity index (χ2n) is 4.00. The van der Waals surface area contributed by atoms with Crippen LogP contribution in [0.25, 0.3) is 0 Å². The molecule has 1 aliphatic carbocycles. The maximum absolute atomic E-state index is 11.4. The number of hydrogen-bond acceptors (Lipinski definition) is 2. The number of carbonyl (C=O) groups excluding carboxylic acids is 2. The Bertz CT molecular complexity index is 786. The molecule has 0 fully saturated rings. The van der Waals surface area contributed by atoms with E-state index in [1.165, 1.54) is 0 Å². The van der Waals surface area contributed by atoms with Gasteiger partial charge >= 0.3 is 0 Å². The molecule has 2 aromatic rings. The van der Waals surface area contributed by atoms with E-state index in [2.05, 4.69) is 0 Å². The topological polar surface area (TPSA) is 34.1 Å². The highest BCUT2D eigenvalue weighted by atomic mass is 35.5. The molecule has 0 aromatic heterocycles. The van der Waals surface area contributed by atoms with Gasteiger partial charge in [0.15, 0.2) is 0 Å². The Balaban J connectivity index is 2.56. The maximum Gasteiger partial charge on any atom is 0.253 e. The van der Waals surface area contributed by atoms with Gasteiger partial charge < -0.3 is 0 Å². The second-order valence-corrected chi connectivity index (χ2v) is 4.69. The lowest BCUT2D eigenvalue weighted by Gasteiger charge is -2.09. The first-order valence-electron chi connectivity index (χ1n) is 5.27. The van der Waals surface area contributed by atoms with Crippen molar-refractivity contribution in [3.8, 4) is 0 Å². The van der Waals surface area contributed by atoms with Crippen molar-refractivity contribution >= 4 is 33.7 Å². The van der Waals surface area contributed by atoms with Gasteiger partial charge in [0.1, 0.15) is 0 Å². The summed E-state index contributed by atoms with van der Waals surface area (Å²) in [5.74, 6) is 0. The van der Waals surface area contributed by atoms with Crippen LogP contribution in [0.2, 0.25) is 0 Å². The standard InChI is InChI=1S/C14H6Cl2O2/c15-13(17)9-5-1-3-7-11(9)8-4-2-6-10(12(7)8)14(16)18/h1-6H. The lowest BCUT2D eigenvalue weighted by molar-refractivity contribution is 0.107. The van der Waals surface area contributed by atoms with E-state index >= 15 is 0 Å². The van der Waals surface area contributed by atoms with Gasteiger partial charge in [0.25, 0.3) is 10.5 Å². The molecule has 3 rings (SSSR count). The van der Waals surface area contributed by atoms with E-state index in [4.69, 9.17) is 23.2 Å². The normalized spacial score (nSPS) is 11.2. The summed E-state index contributed by atoms with van der Waals surface area (Å²) < 4.78 is 0. The van der Waals surface area contributed by atoms with Crippen LogP contribution in [0.5, 0.6) is 0 Å². The summed E-state index contributed by atoms with van der Waals surface area (Å²) in [6, 6.07) is 10.5. The van der Waals surface area contributed by atoms with Gasteiger partial charge in [-0.25, -0.2) is 0 Å². The van der Waals surface area contributed by atoms with Crippen LogP contribution in [0.4, 0.5) is 0 Å². The summed E-state index contributed by atoms with van der Waals surface area (Å²) >= 11 is 11.1. The van der Waals surface area contributed by atoms with Gasteiger partial charge in [-0.2, -0.15) is 0 Å². The Hall–Kier alpha value is -1.64. The third-order valence-electron chi connectivity index (χ3n) is 3.09. The van der Waals surface area contributed by atoms with E-state index in [-0.39, 0.29) is 0 Å². The predicted molar refractivity (Wildman–Crippen MR) is 68.6 cm³/mol. The van der Waals surface area contributed by atoms with Gasteiger partial charge in [0.2, 0.25) is 0 Å². The molecule has 88 valence electrons. The highest BCUT2D eigenvalue weighted by Gasteiger charge is 2.15. The van der Waals surface area contributed by atoms with E-state index in [1.54, 1.807) is 24.3 Å². The minimum atomic E-state index is -0.500. The monoisotopic (exact) mass is 276 g/mol. The zero-order valence-electron chi connectivity index (χ0n) is 9.04. The van der Waals surface area contributed by atoms with Gasteiger partial charge in [-0.05, 0) is 45.8 Å². The van der Waals surface area contributed by atoms with Crippen molar-refractivity contribution in [3.05, 3.63) is 68.4 Å². The lowest BCUT2D eigenvalue weighted by atomic mass is 9.95. The number of carbonyl (C=O) groups is 2. The smallest absolute Gasteiger partial charge is 0.253 e. The molecule has 2 nitrogen and oxygen atoms in total. The Morgan fingerprint density at radius 1 is 0.722 bits per heavy atom. The van der Waals surface area contributed by atoms with Gasteiger partial charge in [-0.3, -0.25) is 9.59 Å². The van der Waals surface area contributed by atoms with Gasteiger partial charge in [-0.1, -0.05) is 24.3 Å². The number of rotatable bonds is 2. The second kappa shape index (κ2) is 3.94. The summed E-state index contributed by atoms with van der Waals surface area (Å²) in [6.07, 6.45) is 0. The van der Waals surface area contributed by atoms with Crippen molar-refractivity contribution in [1.82, 2.24) is 0 Å². The fourth-order valence-electron chi connectivity index (χ4n) is 2.37. The van der Waals surface area contributed by atoms with Crippen LogP contribution in [0.3, 0.4) is 0 Å². The van der Waals surface area contributed by atoms with E-state index in [0.717, 1.165) is 20.9 Å². The molecule has 0 saturated carbocycles. The number of hydrogen-bond donors (Lipinski definition) is 0. The molecule has 2 aromatic carbocycles. The van der Waals surface area contributed by atoms with Crippen molar-refractivity contribution in [2.24, 2.45) is 0 Å². The maximum atomic E-state index is 11.4. The number of halogens is 2. The van der Waals surface area contributed by atoms with Crippen LogP contribution < -0.4 is 0 Å². The first kappa shape index (κ1) is 11.5. The highest BCUT2D eigenvalue weighted by molar-refractivity contribution is 6.68. The third-order valence-corrected chi connectivity index (χ3v) is 3.50. The van der Waals surface area contributed by atoms with Crippen molar-refractivity contribution in [3.63, 3.8) is 0 Å². The van der Waals surface area contributed by atoms with Crippen molar-refractivity contribution < 1.29 is 9.59 Å². The summed E-state index contributed by atoms with van der Waals surface area (Å²) in [7, 11) is 0. The molecular formula is C14H6Cl2O2. The first-order valence-corrected chi connectivity index (χ1v) is 6.03. The third kappa shape index (κ3) is 1.43. The van der Waals surface area contributed by atoms with Crippen LogP contribution >= 0.6 is 23.2 Å². The van der Waals surface area contributed by atoms with E-state index in [1.807, 2.05) is 12.1 Å². The Morgan fingerprint density at radius 3 is 1.44 bits per heavy atom. The molecular weight excluding hydrogens is 271 g/mol. The SMILES string of the molecule is O=C(Cl)c1cccc2c1=c1cccc(C(=O)Cl)c1=2. The molecule has 0 aliphatic heterocycles. The van der Waals surface area contributed by atoms with Crippen molar-refractivity contribution in [1.29, 1.82) is 0 Å². The number of fused-ring (bicyclic) bond motifs is 2. The minimum Gasteiger partial charge on any atom is -0.276 e. The van der Waals surface area contributed by atoms with E-state index < -0.39 is 10.5 Å². The molecule has 18 heavy (non-hydrogen) atoms. The van der Waals surface area contributed by atoms with Gasteiger partial charge in [0, 0.05) is 21.6 Å². The molecule has 0 spiro atoms. The van der Waals surface area contributed by atoms with Gasteiger partial charge in [-0.15, -0.1) is 0 Å². The molecule has 1 aliphatic rings. The van der Waals surface area contributed by atoms with Crippen molar-refractivity contribution in [2.75, 3.05) is 0 Å². The predicted octanol–water partition coefficient (Wildman–Crippen LogP) is 3.33. The first-order chi connectivity index (χ1) is 8.61.